The predicted octanol–water partition coefficient (Wildman–Crippen LogP) is 1.31. The first-order valence-corrected chi connectivity index (χ1v) is 9.86. The SMILES string of the molecule is Cc1ccc(S(=O)(=O)N2CCCCC2CNC(=O)CCN)c(C)c1. The zero-order valence-corrected chi connectivity index (χ0v) is 15.2. The van der Waals surface area contributed by atoms with E-state index in [0.717, 1.165) is 30.4 Å². The Hall–Kier alpha value is -1.44. The van der Waals surface area contributed by atoms with Gasteiger partial charge in [0.25, 0.3) is 0 Å². The fourth-order valence-electron chi connectivity index (χ4n) is 3.16. The molecule has 7 heteroatoms. The molecule has 1 saturated heterocycles. The Labute approximate surface area is 144 Å². The fraction of sp³-hybridized carbons (Fsp3) is 0.588. The Kier molecular flexibility index (Phi) is 6.37. The number of hydrogen-bond acceptors (Lipinski definition) is 4. The van der Waals surface area contributed by atoms with Crippen LogP contribution in [-0.4, -0.2) is 44.3 Å². The Balaban J connectivity index is 2.20. The molecule has 0 spiro atoms. The maximum atomic E-state index is 13.1. The molecule has 1 unspecified atom stereocenters. The molecule has 6 nitrogen and oxygen atoms in total. The summed E-state index contributed by atoms with van der Waals surface area (Å²) in [6.45, 7) is 4.89. The van der Waals surface area contributed by atoms with Crippen molar-refractivity contribution >= 4 is 15.9 Å². The molecule has 0 aliphatic carbocycles. The standard InChI is InChI=1S/C17H27N3O3S/c1-13-6-7-16(14(2)11-13)24(22,23)20-10-4-3-5-15(20)12-19-17(21)8-9-18/h6-7,11,15H,3-5,8-10,12,18H2,1-2H3,(H,19,21). The molecule has 24 heavy (non-hydrogen) atoms. The van der Waals surface area contributed by atoms with Gasteiger partial charge in [-0.2, -0.15) is 4.31 Å². The summed E-state index contributed by atoms with van der Waals surface area (Å²) in [5.41, 5.74) is 7.17. The van der Waals surface area contributed by atoms with Crippen LogP contribution in [0.25, 0.3) is 0 Å². The smallest absolute Gasteiger partial charge is 0.243 e. The summed E-state index contributed by atoms with van der Waals surface area (Å²) in [6, 6.07) is 5.18. The van der Waals surface area contributed by atoms with Gasteiger partial charge < -0.3 is 11.1 Å². The van der Waals surface area contributed by atoms with E-state index in [0.29, 0.717) is 24.5 Å². The molecule has 2 rings (SSSR count). The van der Waals surface area contributed by atoms with Crippen molar-refractivity contribution in [2.24, 2.45) is 5.73 Å². The van der Waals surface area contributed by atoms with Crippen LogP contribution in [0.4, 0.5) is 0 Å². The summed E-state index contributed by atoms with van der Waals surface area (Å²) in [5, 5.41) is 2.81. The van der Waals surface area contributed by atoms with Crippen LogP contribution in [0.1, 0.15) is 36.8 Å². The summed E-state index contributed by atoms with van der Waals surface area (Å²) in [5.74, 6) is -0.132. The van der Waals surface area contributed by atoms with Crippen LogP contribution in [0.15, 0.2) is 23.1 Å². The third kappa shape index (κ3) is 4.34. The lowest BCUT2D eigenvalue weighted by molar-refractivity contribution is -0.121. The molecule has 1 atom stereocenters. The number of nitrogens with one attached hydrogen (secondary N) is 1. The molecule has 1 aromatic carbocycles. The first-order valence-electron chi connectivity index (χ1n) is 8.42. The van der Waals surface area contributed by atoms with E-state index in [9.17, 15) is 13.2 Å². The van der Waals surface area contributed by atoms with Gasteiger partial charge in [0.1, 0.15) is 0 Å². The highest BCUT2D eigenvalue weighted by Crippen LogP contribution is 2.27. The highest BCUT2D eigenvalue weighted by Gasteiger charge is 2.34. The van der Waals surface area contributed by atoms with E-state index in [1.165, 1.54) is 0 Å². The van der Waals surface area contributed by atoms with Crippen molar-refractivity contribution < 1.29 is 13.2 Å². The Morgan fingerprint density at radius 3 is 2.75 bits per heavy atom. The van der Waals surface area contributed by atoms with Gasteiger partial charge in [-0.15, -0.1) is 0 Å². The zero-order valence-electron chi connectivity index (χ0n) is 14.4. The Bertz CT molecular complexity index is 688. The van der Waals surface area contributed by atoms with Gasteiger partial charge in [0.2, 0.25) is 15.9 Å². The summed E-state index contributed by atoms with van der Waals surface area (Å²) in [6.07, 6.45) is 2.83. The van der Waals surface area contributed by atoms with E-state index in [-0.39, 0.29) is 18.4 Å². The van der Waals surface area contributed by atoms with Gasteiger partial charge in [-0.3, -0.25) is 4.79 Å². The quantitative estimate of drug-likeness (QED) is 0.806. The van der Waals surface area contributed by atoms with E-state index in [1.807, 2.05) is 26.0 Å². The van der Waals surface area contributed by atoms with Gasteiger partial charge in [0.15, 0.2) is 0 Å². The number of piperidine rings is 1. The number of carbonyl (C=O) groups excluding carboxylic acids is 1. The van der Waals surface area contributed by atoms with E-state index in [4.69, 9.17) is 5.73 Å². The number of amides is 1. The minimum Gasteiger partial charge on any atom is -0.354 e. The van der Waals surface area contributed by atoms with Crippen molar-refractivity contribution in [3.8, 4) is 0 Å². The summed E-state index contributed by atoms with van der Waals surface area (Å²) in [7, 11) is -3.56. The van der Waals surface area contributed by atoms with Crippen LogP contribution in [0.2, 0.25) is 0 Å². The minimum absolute atomic E-state index is 0.132. The van der Waals surface area contributed by atoms with Crippen molar-refractivity contribution in [1.29, 1.82) is 0 Å². The molecule has 1 heterocycles. The minimum atomic E-state index is -3.56. The van der Waals surface area contributed by atoms with E-state index >= 15 is 0 Å². The molecular weight excluding hydrogens is 326 g/mol. The molecule has 1 aliphatic heterocycles. The maximum Gasteiger partial charge on any atom is 0.243 e. The van der Waals surface area contributed by atoms with Crippen molar-refractivity contribution in [2.45, 2.75) is 50.5 Å². The maximum absolute atomic E-state index is 13.1. The number of benzene rings is 1. The largest absolute Gasteiger partial charge is 0.354 e. The second kappa shape index (κ2) is 8.09. The molecule has 1 aromatic rings. The van der Waals surface area contributed by atoms with Gasteiger partial charge in [-0.1, -0.05) is 24.1 Å². The highest BCUT2D eigenvalue weighted by atomic mass is 32.2. The van der Waals surface area contributed by atoms with Crippen LogP contribution in [0.3, 0.4) is 0 Å². The number of aryl methyl sites for hydroxylation is 2. The lowest BCUT2D eigenvalue weighted by Gasteiger charge is -2.35. The van der Waals surface area contributed by atoms with Crippen LogP contribution < -0.4 is 11.1 Å². The Morgan fingerprint density at radius 1 is 1.33 bits per heavy atom. The molecule has 134 valence electrons. The van der Waals surface area contributed by atoms with Gasteiger partial charge in [0, 0.05) is 32.1 Å². The van der Waals surface area contributed by atoms with Crippen molar-refractivity contribution in [2.75, 3.05) is 19.6 Å². The van der Waals surface area contributed by atoms with Crippen LogP contribution >= 0.6 is 0 Å². The van der Waals surface area contributed by atoms with Crippen molar-refractivity contribution in [3.05, 3.63) is 29.3 Å². The second-order valence-electron chi connectivity index (χ2n) is 6.38. The van der Waals surface area contributed by atoms with Crippen LogP contribution in [0, 0.1) is 13.8 Å². The molecule has 0 radical (unpaired) electrons. The van der Waals surface area contributed by atoms with Gasteiger partial charge >= 0.3 is 0 Å². The molecular formula is C17H27N3O3S. The fourth-order valence-corrected chi connectivity index (χ4v) is 5.06. The summed E-state index contributed by atoms with van der Waals surface area (Å²) >= 11 is 0. The van der Waals surface area contributed by atoms with E-state index < -0.39 is 10.0 Å². The third-order valence-electron chi connectivity index (χ3n) is 4.40. The van der Waals surface area contributed by atoms with Crippen molar-refractivity contribution in [3.63, 3.8) is 0 Å². The lowest BCUT2D eigenvalue weighted by atomic mass is 10.1. The highest BCUT2D eigenvalue weighted by molar-refractivity contribution is 7.89. The van der Waals surface area contributed by atoms with Gasteiger partial charge in [0.05, 0.1) is 4.90 Å². The van der Waals surface area contributed by atoms with Gasteiger partial charge in [-0.05, 0) is 38.3 Å². The lowest BCUT2D eigenvalue weighted by Crippen LogP contribution is -2.49. The second-order valence-corrected chi connectivity index (χ2v) is 8.24. The topological polar surface area (TPSA) is 92.5 Å². The molecule has 0 bridgehead atoms. The van der Waals surface area contributed by atoms with Crippen LogP contribution in [-0.2, 0) is 14.8 Å². The molecule has 3 N–H and O–H groups in total. The predicted molar refractivity (Wildman–Crippen MR) is 94.1 cm³/mol. The molecule has 1 fully saturated rings. The number of nitrogens with two attached hydrogens (primary N) is 1. The van der Waals surface area contributed by atoms with E-state index in [2.05, 4.69) is 5.32 Å². The molecule has 0 saturated carbocycles. The number of sulfonamides is 1. The first kappa shape index (κ1) is 18.9. The Morgan fingerprint density at radius 2 is 2.08 bits per heavy atom. The number of hydrogen-bond donors (Lipinski definition) is 2. The molecule has 1 amide bonds. The summed E-state index contributed by atoms with van der Waals surface area (Å²) < 4.78 is 27.7. The van der Waals surface area contributed by atoms with E-state index in [1.54, 1.807) is 10.4 Å². The van der Waals surface area contributed by atoms with Crippen molar-refractivity contribution in [1.82, 2.24) is 9.62 Å². The third-order valence-corrected chi connectivity index (χ3v) is 6.51. The summed E-state index contributed by atoms with van der Waals surface area (Å²) in [4.78, 5) is 12.0. The first-order chi connectivity index (χ1) is 11.4. The van der Waals surface area contributed by atoms with Gasteiger partial charge in [-0.25, -0.2) is 8.42 Å². The number of carbonyl (C=O) groups is 1. The number of rotatable bonds is 6. The molecule has 0 aromatic heterocycles. The van der Waals surface area contributed by atoms with Crippen LogP contribution in [0.5, 0.6) is 0 Å². The monoisotopic (exact) mass is 353 g/mol. The normalized spacial score (nSPS) is 19.2. The zero-order chi connectivity index (χ0) is 17.7. The number of nitrogens with zero attached hydrogens (tertiary/aromatic N) is 1. The average Bonchev–Trinajstić information content (AvgIpc) is 2.53. The average molecular weight is 353 g/mol. The molecule has 1 aliphatic rings.